The van der Waals surface area contributed by atoms with Crippen LogP contribution in [0.1, 0.15) is 53.0 Å². The van der Waals surface area contributed by atoms with E-state index in [1.54, 1.807) is 14.2 Å². The second kappa shape index (κ2) is 9.08. The highest BCUT2D eigenvalue weighted by molar-refractivity contribution is 5.94. The van der Waals surface area contributed by atoms with Crippen molar-refractivity contribution in [2.24, 2.45) is 7.05 Å². The number of carbonyl (C=O) groups is 1. The van der Waals surface area contributed by atoms with E-state index in [1.807, 2.05) is 28.8 Å². The highest BCUT2D eigenvalue weighted by Crippen LogP contribution is 2.31. The monoisotopic (exact) mass is 412 g/mol. The summed E-state index contributed by atoms with van der Waals surface area (Å²) in [4.78, 5) is 15.1. The van der Waals surface area contributed by atoms with Crippen molar-refractivity contribution in [2.75, 3.05) is 27.3 Å². The Balaban J connectivity index is 1.48. The number of aryl methyl sites for hydroxylation is 1. The number of aromatic nitrogens is 2. The minimum atomic E-state index is 0.0988. The molecule has 0 unspecified atom stereocenters. The summed E-state index contributed by atoms with van der Waals surface area (Å²) < 4.78 is 12.9. The van der Waals surface area contributed by atoms with E-state index >= 15 is 0 Å². The largest absolute Gasteiger partial charge is 0.493 e. The van der Waals surface area contributed by atoms with Crippen molar-refractivity contribution >= 4 is 5.91 Å². The summed E-state index contributed by atoms with van der Waals surface area (Å²) in [6, 6.07) is 6.24. The lowest BCUT2D eigenvalue weighted by molar-refractivity contribution is 0.0716. The maximum absolute atomic E-state index is 13.1. The number of piperidine rings is 1. The van der Waals surface area contributed by atoms with Crippen LogP contribution in [0.25, 0.3) is 0 Å². The number of hydrogen-bond donors (Lipinski definition) is 1. The number of ether oxygens (including phenoxy) is 2. The van der Waals surface area contributed by atoms with Crippen molar-refractivity contribution in [1.82, 2.24) is 20.0 Å². The number of carbonyl (C=O) groups excluding carboxylic acids is 1. The number of nitrogens with zero attached hydrogens (tertiary/aromatic N) is 3. The normalized spacial score (nSPS) is 18.8. The van der Waals surface area contributed by atoms with Crippen molar-refractivity contribution in [2.45, 2.75) is 51.1 Å². The van der Waals surface area contributed by atoms with Gasteiger partial charge in [0.15, 0.2) is 17.2 Å². The van der Waals surface area contributed by atoms with Gasteiger partial charge in [-0.05, 0) is 44.6 Å². The molecule has 1 fully saturated rings. The fourth-order valence-corrected chi connectivity index (χ4v) is 4.73. The summed E-state index contributed by atoms with van der Waals surface area (Å²) in [5.74, 6) is 1.61. The molecule has 162 valence electrons. The Morgan fingerprint density at radius 3 is 2.73 bits per heavy atom. The van der Waals surface area contributed by atoms with Gasteiger partial charge >= 0.3 is 0 Å². The molecule has 2 aliphatic rings. The predicted octanol–water partition coefficient (Wildman–Crippen LogP) is 2.71. The summed E-state index contributed by atoms with van der Waals surface area (Å²) in [7, 11) is 5.28. The molecule has 1 aromatic carbocycles. The molecule has 1 aliphatic carbocycles. The molecule has 0 saturated carbocycles. The van der Waals surface area contributed by atoms with Crippen LogP contribution in [0.4, 0.5) is 0 Å². The number of amides is 1. The van der Waals surface area contributed by atoms with Gasteiger partial charge in [0.25, 0.3) is 5.91 Å². The second-order valence-corrected chi connectivity index (χ2v) is 8.22. The van der Waals surface area contributed by atoms with Crippen LogP contribution in [0, 0.1) is 0 Å². The van der Waals surface area contributed by atoms with Crippen LogP contribution in [0.15, 0.2) is 18.2 Å². The highest BCUT2D eigenvalue weighted by atomic mass is 16.5. The molecule has 1 saturated heterocycles. The molecule has 2 heterocycles. The van der Waals surface area contributed by atoms with E-state index in [2.05, 4.69) is 16.5 Å². The van der Waals surface area contributed by atoms with Gasteiger partial charge in [0.2, 0.25) is 0 Å². The SMILES string of the molecule is COc1cccc(CN[C@@H]2CCc3c(c(C(=O)N4CCCCC4)nn3C)C2)c1OC. The topological polar surface area (TPSA) is 68.6 Å². The van der Waals surface area contributed by atoms with Crippen LogP contribution in [-0.4, -0.2) is 53.9 Å². The van der Waals surface area contributed by atoms with Crippen LogP contribution in [0.5, 0.6) is 11.5 Å². The molecule has 7 nitrogen and oxygen atoms in total. The van der Waals surface area contributed by atoms with Gasteiger partial charge < -0.3 is 19.7 Å². The van der Waals surface area contributed by atoms with E-state index in [4.69, 9.17) is 9.47 Å². The predicted molar refractivity (Wildman–Crippen MR) is 115 cm³/mol. The molecule has 1 atom stereocenters. The number of para-hydroxylation sites is 1. The number of nitrogens with one attached hydrogen (secondary N) is 1. The highest BCUT2D eigenvalue weighted by Gasteiger charge is 2.30. The third kappa shape index (κ3) is 4.03. The zero-order chi connectivity index (χ0) is 21.1. The van der Waals surface area contributed by atoms with Gasteiger partial charge in [-0.1, -0.05) is 12.1 Å². The Morgan fingerprint density at radius 1 is 1.20 bits per heavy atom. The summed E-state index contributed by atoms with van der Waals surface area (Å²) in [5, 5.41) is 8.29. The average Bonchev–Trinajstić information content (AvgIpc) is 3.13. The van der Waals surface area contributed by atoms with Gasteiger partial charge in [0, 0.05) is 49.5 Å². The third-order valence-electron chi connectivity index (χ3n) is 6.37. The average molecular weight is 413 g/mol. The summed E-state index contributed by atoms with van der Waals surface area (Å²) in [6.45, 7) is 2.39. The molecule has 0 radical (unpaired) electrons. The third-order valence-corrected chi connectivity index (χ3v) is 6.37. The second-order valence-electron chi connectivity index (χ2n) is 8.22. The first kappa shape index (κ1) is 20.7. The maximum Gasteiger partial charge on any atom is 0.274 e. The molecular formula is C23H32N4O3. The zero-order valence-electron chi connectivity index (χ0n) is 18.2. The Labute approximate surface area is 178 Å². The van der Waals surface area contributed by atoms with Gasteiger partial charge in [-0.15, -0.1) is 0 Å². The summed E-state index contributed by atoms with van der Waals surface area (Å²) in [6.07, 6.45) is 6.17. The Kier molecular flexibility index (Phi) is 6.27. The van der Waals surface area contributed by atoms with Crippen LogP contribution in [0.2, 0.25) is 0 Å². The van der Waals surface area contributed by atoms with Crippen molar-refractivity contribution in [1.29, 1.82) is 0 Å². The maximum atomic E-state index is 13.1. The number of benzene rings is 1. The first-order chi connectivity index (χ1) is 14.6. The Hall–Kier alpha value is -2.54. The zero-order valence-corrected chi connectivity index (χ0v) is 18.2. The lowest BCUT2D eigenvalue weighted by Crippen LogP contribution is -2.38. The van der Waals surface area contributed by atoms with E-state index in [0.717, 1.165) is 67.8 Å². The van der Waals surface area contributed by atoms with E-state index in [1.165, 1.54) is 12.1 Å². The van der Waals surface area contributed by atoms with Crippen molar-refractivity contribution in [3.05, 3.63) is 40.7 Å². The van der Waals surface area contributed by atoms with E-state index in [9.17, 15) is 4.79 Å². The number of rotatable bonds is 6. The molecule has 1 amide bonds. The number of fused-ring (bicyclic) bond motifs is 1. The molecule has 2 aromatic rings. The van der Waals surface area contributed by atoms with Gasteiger partial charge in [-0.2, -0.15) is 5.10 Å². The molecule has 0 spiro atoms. The standard InChI is InChI=1S/C23H32N4O3/c1-26-19-11-10-17(24-15-16-8-7-9-20(29-2)22(16)30-3)14-18(19)21(25-26)23(28)27-12-5-4-6-13-27/h7-9,17,24H,4-6,10-15H2,1-3H3/t17-/m1/s1. The smallest absolute Gasteiger partial charge is 0.274 e. The van der Waals surface area contributed by atoms with E-state index in [-0.39, 0.29) is 5.91 Å². The quantitative estimate of drug-likeness (QED) is 0.790. The van der Waals surface area contributed by atoms with E-state index in [0.29, 0.717) is 18.3 Å². The summed E-state index contributed by atoms with van der Waals surface area (Å²) >= 11 is 0. The van der Waals surface area contributed by atoms with Gasteiger partial charge in [0.1, 0.15) is 0 Å². The van der Waals surface area contributed by atoms with Crippen LogP contribution in [0.3, 0.4) is 0 Å². The molecular weight excluding hydrogens is 380 g/mol. The van der Waals surface area contributed by atoms with Crippen LogP contribution >= 0.6 is 0 Å². The molecule has 4 rings (SSSR count). The van der Waals surface area contributed by atoms with Crippen LogP contribution < -0.4 is 14.8 Å². The first-order valence-corrected chi connectivity index (χ1v) is 10.9. The van der Waals surface area contributed by atoms with Crippen molar-refractivity contribution in [3.8, 4) is 11.5 Å². The van der Waals surface area contributed by atoms with Crippen molar-refractivity contribution < 1.29 is 14.3 Å². The van der Waals surface area contributed by atoms with Crippen LogP contribution in [-0.2, 0) is 26.4 Å². The number of methoxy groups -OCH3 is 2. The fraction of sp³-hybridized carbons (Fsp3) is 0.565. The fourth-order valence-electron chi connectivity index (χ4n) is 4.73. The van der Waals surface area contributed by atoms with Gasteiger partial charge in [-0.3, -0.25) is 9.48 Å². The lowest BCUT2D eigenvalue weighted by atomic mass is 9.90. The molecule has 0 bridgehead atoms. The molecule has 30 heavy (non-hydrogen) atoms. The molecule has 1 N–H and O–H groups in total. The minimum Gasteiger partial charge on any atom is -0.493 e. The Bertz CT molecular complexity index is 902. The molecule has 1 aromatic heterocycles. The van der Waals surface area contributed by atoms with Crippen molar-refractivity contribution in [3.63, 3.8) is 0 Å². The van der Waals surface area contributed by atoms with Gasteiger partial charge in [-0.25, -0.2) is 0 Å². The lowest BCUT2D eigenvalue weighted by Gasteiger charge is -2.28. The number of hydrogen-bond acceptors (Lipinski definition) is 5. The Morgan fingerprint density at radius 2 is 2.00 bits per heavy atom. The molecule has 7 heteroatoms. The minimum absolute atomic E-state index is 0.0988. The van der Waals surface area contributed by atoms with E-state index < -0.39 is 0 Å². The first-order valence-electron chi connectivity index (χ1n) is 10.9. The molecule has 1 aliphatic heterocycles. The summed E-state index contributed by atoms with van der Waals surface area (Å²) in [5.41, 5.74) is 4.04. The number of likely N-dealkylation sites (tertiary alicyclic amines) is 1. The van der Waals surface area contributed by atoms with Gasteiger partial charge in [0.05, 0.1) is 14.2 Å².